The number of fused-ring (bicyclic) bond motifs is 2. The largest absolute Gasteiger partial charge is 0.453 e. The van der Waals surface area contributed by atoms with Crippen LogP contribution in [0.1, 0.15) is 63.9 Å². The lowest BCUT2D eigenvalue weighted by Crippen LogP contribution is -2.62. The van der Waals surface area contributed by atoms with Gasteiger partial charge in [-0.15, -0.1) is 0 Å². The maximum Gasteiger partial charge on any atom is 0.407 e. The van der Waals surface area contributed by atoms with Crippen molar-refractivity contribution in [3.63, 3.8) is 0 Å². The molecule has 0 aliphatic carbocycles. The maximum absolute atomic E-state index is 15.3. The molecule has 0 spiro atoms. The number of nitrogens with one attached hydrogen (secondary N) is 4. The summed E-state index contributed by atoms with van der Waals surface area (Å²) < 4.78 is 115. The average Bonchev–Trinajstić information content (AvgIpc) is 3.94. The Balaban J connectivity index is 1.16. The van der Waals surface area contributed by atoms with Crippen LogP contribution in [0.4, 0.5) is 46.3 Å². The topological polar surface area (TPSA) is 240 Å². The van der Waals surface area contributed by atoms with Gasteiger partial charge in [0.15, 0.2) is 0 Å². The fraction of sp³-hybridized carbons (Fsp3) is 0.540. The minimum absolute atomic E-state index is 0.0937. The van der Waals surface area contributed by atoms with Crippen molar-refractivity contribution in [2.24, 2.45) is 16.6 Å². The number of aliphatic hydroxyl groups excluding tert-OH is 1. The quantitative estimate of drug-likeness (QED) is 0.0603. The zero-order chi connectivity index (χ0) is 55.4. The van der Waals surface area contributed by atoms with Gasteiger partial charge in [0.25, 0.3) is 0 Å². The van der Waals surface area contributed by atoms with E-state index in [4.69, 9.17) is 25.2 Å². The van der Waals surface area contributed by atoms with Crippen LogP contribution >= 0.6 is 0 Å². The molecule has 7 N–H and O–H groups in total. The van der Waals surface area contributed by atoms with Crippen LogP contribution in [0.5, 0.6) is 0 Å². The smallest absolute Gasteiger partial charge is 0.407 e. The third-order valence-electron chi connectivity index (χ3n) is 14.4. The fourth-order valence-electron chi connectivity index (χ4n) is 9.93. The summed E-state index contributed by atoms with van der Waals surface area (Å²) in [5, 5.41) is 24.9. The highest BCUT2D eigenvalue weighted by Crippen LogP contribution is 2.41. The van der Waals surface area contributed by atoms with Gasteiger partial charge in [0, 0.05) is 67.3 Å². The summed E-state index contributed by atoms with van der Waals surface area (Å²) in [5.41, 5.74) is 3.16. The van der Waals surface area contributed by atoms with Gasteiger partial charge in [0.1, 0.15) is 23.7 Å². The molecule has 0 radical (unpaired) electrons. The molecule has 4 aromatic rings. The molecule has 3 aliphatic heterocycles. The number of ether oxygens (including phenoxy) is 3. The van der Waals surface area contributed by atoms with Crippen molar-refractivity contribution in [1.82, 2.24) is 45.9 Å². The molecule has 2 bridgehead atoms. The van der Waals surface area contributed by atoms with Crippen molar-refractivity contribution in [3.8, 4) is 22.4 Å². The molecule has 0 saturated carbocycles. The van der Waals surface area contributed by atoms with Crippen LogP contribution in [0, 0.1) is 22.5 Å². The second-order valence-electron chi connectivity index (χ2n) is 20.5. The number of rotatable bonds is 21. The average molecular weight is 1080 g/mol. The van der Waals surface area contributed by atoms with E-state index in [0.29, 0.717) is 79.2 Å². The molecule has 6 atom stereocenters. The van der Waals surface area contributed by atoms with E-state index < -0.39 is 102 Å². The molecule has 7 rings (SSSR count). The lowest BCUT2D eigenvalue weighted by molar-refractivity contribution is -0.220. The number of hydrogen-bond acceptors (Lipinski definition) is 14. The first-order valence-corrected chi connectivity index (χ1v) is 24.4. The van der Waals surface area contributed by atoms with Crippen molar-refractivity contribution < 1.29 is 69.2 Å². The molecule has 26 heteroatoms. The number of amides is 4. The molecule has 2 unspecified atom stereocenters. The number of aliphatic hydroxyl groups is 1. The number of methoxy groups -OCH3 is 2. The van der Waals surface area contributed by atoms with Gasteiger partial charge in [-0.1, -0.05) is 38.1 Å². The number of nitrogens with two attached hydrogens (primary N) is 1. The monoisotopic (exact) mass is 1080 g/mol. The Bertz CT molecular complexity index is 2690. The van der Waals surface area contributed by atoms with Crippen LogP contribution in [0.15, 0.2) is 54.9 Å². The van der Waals surface area contributed by atoms with E-state index >= 15 is 8.78 Å². The van der Waals surface area contributed by atoms with Crippen LogP contribution in [0.3, 0.4) is 0 Å². The van der Waals surface area contributed by atoms with E-state index in [9.17, 15) is 46.2 Å². The number of primary amides is 1. The van der Waals surface area contributed by atoms with E-state index in [-0.39, 0.29) is 36.2 Å². The molecular weight excluding hydrogens is 1020 g/mol. The summed E-state index contributed by atoms with van der Waals surface area (Å²) in [6.07, 6.45) is -4.45. The molecule has 4 amide bonds. The van der Waals surface area contributed by atoms with Crippen molar-refractivity contribution in [1.29, 1.82) is 0 Å². The van der Waals surface area contributed by atoms with E-state index in [1.807, 2.05) is 5.32 Å². The van der Waals surface area contributed by atoms with Crippen molar-refractivity contribution in [2.45, 2.75) is 115 Å². The molecule has 76 heavy (non-hydrogen) atoms. The summed E-state index contributed by atoms with van der Waals surface area (Å²) in [6, 6.07) is 5.56. The third kappa shape index (κ3) is 12.8. The van der Waals surface area contributed by atoms with Gasteiger partial charge in [0.2, 0.25) is 17.8 Å². The maximum atomic E-state index is 15.3. The van der Waals surface area contributed by atoms with Gasteiger partial charge in [-0.25, -0.2) is 33.0 Å². The Morgan fingerprint density at radius 1 is 0.868 bits per heavy atom. The highest BCUT2D eigenvalue weighted by Gasteiger charge is 2.56. The summed E-state index contributed by atoms with van der Waals surface area (Å²) >= 11 is 0. The SMILES string of the molecule is COC(=O)N[C@H](C(N)=O)C(C)(C)Cc1nc(N2CC3CCC(C2)N3C2COC2)ncc1-c1ccc(C[C@H](NC(=O)[C@@H](NC(=O)OC)C(C)(C)C(F)(F)F)[C@@H](O)CNCc2c(F)cc(-c3ccn(C(F)F)n3)cc2F)cc1. The number of halogens is 7. The van der Waals surface area contributed by atoms with Crippen LogP contribution < -0.4 is 31.9 Å². The standard InChI is InChI=1S/C50H62F7N11O8/c1-48(2,40(42(58)70)63-46(72)74-5)18-38-32(20-60-45(62-38)66-22-29-11-12-30(23-66)68(29)31-24-76-25-31)27-9-7-26(8-10-27)15-37(61-43(71)41(64-47(73)75-6)49(3,4)50(55,56)57)39(69)21-59-19-33-34(51)16-28(17-35(33)52)36-13-14-67(65-36)44(53)54/h7-10,13-14,16-17,20,29-31,37,39-41,44,59,69H,11-12,15,18-19,21-25H2,1-6H3,(H2,58,70)(H,61,71)(H,63,72)(H,64,73)/t29?,30?,37-,39-,40+,41+/m0/s1. The molecule has 3 aliphatic rings. The molecule has 3 saturated heterocycles. The van der Waals surface area contributed by atoms with Crippen LogP contribution in [0.25, 0.3) is 22.4 Å². The molecule has 2 aromatic carbocycles. The number of carbonyl (C=O) groups excluding carboxylic acids is 4. The van der Waals surface area contributed by atoms with E-state index in [1.54, 1.807) is 44.3 Å². The molecule has 5 heterocycles. The van der Waals surface area contributed by atoms with Crippen LogP contribution in [0.2, 0.25) is 0 Å². The number of benzene rings is 2. The summed E-state index contributed by atoms with van der Waals surface area (Å²) in [7, 11) is 2.05. The van der Waals surface area contributed by atoms with Gasteiger partial charge < -0.3 is 51.2 Å². The Kier molecular flexibility index (Phi) is 17.5. The number of aromatic nitrogens is 4. The highest BCUT2D eigenvalue weighted by molar-refractivity contribution is 5.87. The van der Waals surface area contributed by atoms with E-state index in [2.05, 4.69) is 35.6 Å². The Hall–Kier alpha value is -6.64. The lowest BCUT2D eigenvalue weighted by Gasteiger charge is -2.47. The van der Waals surface area contributed by atoms with Crippen molar-refractivity contribution >= 4 is 29.9 Å². The first kappa shape index (κ1) is 57.1. The number of nitrogens with zero attached hydrogens (tertiary/aromatic N) is 6. The first-order chi connectivity index (χ1) is 35.8. The Labute approximate surface area is 433 Å². The minimum atomic E-state index is -5.04. The number of alkyl halides is 5. The fourth-order valence-corrected chi connectivity index (χ4v) is 9.93. The normalized spacial score (nSPS) is 18.9. The molecular formula is C50H62F7N11O8. The van der Waals surface area contributed by atoms with E-state index in [0.717, 1.165) is 51.5 Å². The second kappa shape index (κ2) is 23.3. The predicted molar refractivity (Wildman–Crippen MR) is 260 cm³/mol. The van der Waals surface area contributed by atoms with E-state index in [1.165, 1.54) is 0 Å². The number of hydrogen-bond donors (Lipinski definition) is 6. The van der Waals surface area contributed by atoms with Crippen LogP contribution in [-0.4, -0.2) is 149 Å². The van der Waals surface area contributed by atoms with Crippen molar-refractivity contribution in [3.05, 3.63) is 83.3 Å². The molecule has 2 aromatic heterocycles. The van der Waals surface area contributed by atoms with Gasteiger partial charge >= 0.3 is 24.9 Å². The zero-order valence-electron chi connectivity index (χ0n) is 42.6. The summed E-state index contributed by atoms with van der Waals surface area (Å²) in [4.78, 5) is 66.0. The first-order valence-electron chi connectivity index (χ1n) is 24.4. The minimum Gasteiger partial charge on any atom is -0.453 e. The zero-order valence-corrected chi connectivity index (χ0v) is 42.6. The van der Waals surface area contributed by atoms with Crippen LogP contribution in [-0.2, 0) is 43.2 Å². The lowest BCUT2D eigenvalue weighted by atomic mass is 9.78. The Morgan fingerprint density at radius 2 is 1.47 bits per heavy atom. The third-order valence-corrected chi connectivity index (χ3v) is 14.4. The summed E-state index contributed by atoms with van der Waals surface area (Å²) in [5.74, 6) is -3.86. The Morgan fingerprint density at radius 3 is 2.00 bits per heavy atom. The molecule has 3 fully saturated rings. The van der Waals surface area contributed by atoms with Gasteiger partial charge in [-0.2, -0.15) is 27.1 Å². The molecule has 414 valence electrons. The number of anilines is 1. The highest BCUT2D eigenvalue weighted by atomic mass is 19.4. The predicted octanol–water partition coefficient (Wildman–Crippen LogP) is 5.00. The van der Waals surface area contributed by atoms with Crippen molar-refractivity contribution in [2.75, 3.05) is 52.0 Å². The van der Waals surface area contributed by atoms with Gasteiger partial charge in [-0.05, 0) is 74.3 Å². The number of carbonyl (C=O) groups is 4. The second-order valence-corrected chi connectivity index (χ2v) is 20.5. The van der Waals surface area contributed by atoms with Gasteiger partial charge in [-0.3, -0.25) is 14.5 Å². The molecule has 19 nitrogen and oxygen atoms in total. The number of piperazine rings is 1. The van der Waals surface area contributed by atoms with Gasteiger partial charge in [0.05, 0.1) is 62.4 Å². The number of alkyl carbamates (subject to hydrolysis) is 2. The summed E-state index contributed by atoms with van der Waals surface area (Å²) in [6.45, 7) is 3.56.